The minimum atomic E-state index is -1.14. The number of nitrogens with zero attached hydrogens (tertiary/aromatic N) is 2. The van der Waals surface area contributed by atoms with Crippen molar-refractivity contribution in [3.63, 3.8) is 0 Å². The minimum absolute atomic E-state index is 0.0541. The Balaban J connectivity index is 2.09. The van der Waals surface area contributed by atoms with Crippen molar-refractivity contribution in [1.29, 1.82) is 0 Å². The summed E-state index contributed by atoms with van der Waals surface area (Å²) in [6, 6.07) is -1.57. The van der Waals surface area contributed by atoms with Crippen LogP contribution in [0, 0.1) is 11.8 Å². The van der Waals surface area contributed by atoms with Crippen LogP contribution >= 0.6 is 15.9 Å². The maximum absolute atomic E-state index is 14.1. The van der Waals surface area contributed by atoms with Gasteiger partial charge in [-0.05, 0) is 33.6 Å². The van der Waals surface area contributed by atoms with E-state index in [9.17, 15) is 19.5 Å². The molecule has 0 aliphatic carbocycles. The van der Waals surface area contributed by atoms with Gasteiger partial charge in [-0.15, -0.1) is 6.58 Å². The van der Waals surface area contributed by atoms with Gasteiger partial charge in [0, 0.05) is 17.4 Å². The zero-order valence-corrected chi connectivity index (χ0v) is 20.9. The van der Waals surface area contributed by atoms with Gasteiger partial charge in [-0.25, -0.2) is 0 Å². The van der Waals surface area contributed by atoms with E-state index in [4.69, 9.17) is 9.47 Å². The highest BCUT2D eigenvalue weighted by atomic mass is 79.9. The molecule has 3 heterocycles. The van der Waals surface area contributed by atoms with Gasteiger partial charge in [0.15, 0.2) is 0 Å². The molecule has 2 amide bonds. The molecule has 9 heteroatoms. The number of esters is 1. The number of ether oxygens (including phenoxy) is 2. The first kappa shape index (κ1) is 25.2. The number of aliphatic hydroxyl groups excluding tert-OH is 1. The van der Waals surface area contributed by atoms with Crippen molar-refractivity contribution in [1.82, 2.24) is 9.80 Å². The summed E-state index contributed by atoms with van der Waals surface area (Å²) in [5.74, 6) is -2.63. The molecule has 3 saturated heterocycles. The Bertz CT molecular complexity index is 763. The quantitative estimate of drug-likeness (QED) is 0.271. The number of fused-ring (bicyclic) bond motifs is 1. The monoisotopic (exact) mass is 514 g/mol. The van der Waals surface area contributed by atoms with Crippen molar-refractivity contribution in [3.05, 3.63) is 12.7 Å². The number of aliphatic hydroxyl groups is 1. The molecular weight excluding hydrogens is 480 g/mol. The maximum Gasteiger partial charge on any atom is 0.312 e. The first-order valence-corrected chi connectivity index (χ1v) is 12.4. The lowest BCUT2D eigenvalue weighted by Crippen LogP contribution is -2.59. The van der Waals surface area contributed by atoms with Crippen LogP contribution in [0.3, 0.4) is 0 Å². The van der Waals surface area contributed by atoms with E-state index in [2.05, 4.69) is 29.4 Å². The molecule has 8 atom stereocenters. The fraction of sp³-hybridized carbons (Fsp3) is 0.783. The van der Waals surface area contributed by atoms with Crippen LogP contribution in [0.4, 0.5) is 0 Å². The molecule has 0 aromatic carbocycles. The fourth-order valence-corrected chi connectivity index (χ4v) is 6.72. The lowest BCUT2D eigenvalue weighted by atomic mass is 9.70. The summed E-state index contributed by atoms with van der Waals surface area (Å²) in [4.78, 5) is 43.6. The third-order valence-corrected chi connectivity index (χ3v) is 7.95. The average molecular weight is 515 g/mol. The first-order chi connectivity index (χ1) is 15.2. The maximum atomic E-state index is 14.1. The second-order valence-electron chi connectivity index (χ2n) is 9.11. The molecule has 8 nitrogen and oxygen atoms in total. The smallest absolute Gasteiger partial charge is 0.312 e. The van der Waals surface area contributed by atoms with Crippen LogP contribution < -0.4 is 0 Å². The normalized spacial score (nSPS) is 34.9. The van der Waals surface area contributed by atoms with Crippen molar-refractivity contribution in [2.45, 2.75) is 81.6 Å². The van der Waals surface area contributed by atoms with Gasteiger partial charge in [0.05, 0.1) is 37.2 Å². The van der Waals surface area contributed by atoms with E-state index in [0.29, 0.717) is 13.0 Å². The molecule has 180 valence electrons. The molecule has 0 aromatic rings. The number of hydrogen-bond acceptors (Lipinski definition) is 6. The Morgan fingerprint density at radius 1 is 1.44 bits per heavy atom. The molecule has 0 aromatic heterocycles. The second kappa shape index (κ2) is 9.81. The third-order valence-electron chi connectivity index (χ3n) is 7.11. The predicted molar refractivity (Wildman–Crippen MR) is 122 cm³/mol. The van der Waals surface area contributed by atoms with Gasteiger partial charge in [0.25, 0.3) is 0 Å². The summed E-state index contributed by atoms with van der Waals surface area (Å²) in [5.41, 5.74) is -1.14. The van der Waals surface area contributed by atoms with Crippen LogP contribution in [0.15, 0.2) is 12.7 Å². The van der Waals surface area contributed by atoms with Crippen molar-refractivity contribution < 1.29 is 29.0 Å². The number of amides is 2. The first-order valence-electron chi connectivity index (χ1n) is 11.5. The van der Waals surface area contributed by atoms with Gasteiger partial charge in [-0.2, -0.15) is 0 Å². The number of halogens is 1. The van der Waals surface area contributed by atoms with E-state index >= 15 is 0 Å². The Kier molecular flexibility index (Phi) is 7.72. The molecule has 3 rings (SSSR count). The van der Waals surface area contributed by atoms with E-state index < -0.39 is 41.6 Å². The van der Waals surface area contributed by atoms with Crippen molar-refractivity contribution >= 4 is 33.7 Å². The molecule has 1 N–H and O–H groups in total. The Labute approximate surface area is 198 Å². The van der Waals surface area contributed by atoms with Crippen LogP contribution in [-0.2, 0) is 23.9 Å². The second-order valence-corrected chi connectivity index (χ2v) is 10.3. The summed E-state index contributed by atoms with van der Waals surface area (Å²) < 4.78 is 11.7. The predicted octanol–water partition coefficient (Wildman–Crippen LogP) is 1.88. The van der Waals surface area contributed by atoms with Crippen molar-refractivity contribution in [3.8, 4) is 0 Å². The molecule has 4 unspecified atom stereocenters. The van der Waals surface area contributed by atoms with Gasteiger partial charge in [-0.3, -0.25) is 14.4 Å². The van der Waals surface area contributed by atoms with E-state index in [0.717, 1.165) is 12.8 Å². The minimum Gasteiger partial charge on any atom is -0.466 e. The topological polar surface area (TPSA) is 96.4 Å². The molecule has 3 aliphatic rings. The fourth-order valence-electron chi connectivity index (χ4n) is 5.77. The number of rotatable bonds is 10. The lowest BCUT2D eigenvalue weighted by Gasteiger charge is -2.40. The molecule has 3 fully saturated rings. The zero-order valence-electron chi connectivity index (χ0n) is 19.3. The van der Waals surface area contributed by atoms with Crippen LogP contribution in [0.1, 0.15) is 47.0 Å². The highest BCUT2D eigenvalue weighted by Gasteiger charge is 2.77. The highest BCUT2D eigenvalue weighted by molar-refractivity contribution is 9.09. The molecule has 32 heavy (non-hydrogen) atoms. The molecule has 2 bridgehead atoms. The highest BCUT2D eigenvalue weighted by Crippen LogP contribution is 2.60. The molecule has 0 radical (unpaired) electrons. The molecule has 0 saturated carbocycles. The summed E-state index contributed by atoms with van der Waals surface area (Å²) in [6.45, 7) is 11.5. The summed E-state index contributed by atoms with van der Waals surface area (Å²) in [7, 11) is 0. The number of likely N-dealkylation sites (tertiary alicyclic amines) is 1. The van der Waals surface area contributed by atoms with Crippen LogP contribution in [0.2, 0.25) is 0 Å². The van der Waals surface area contributed by atoms with Gasteiger partial charge >= 0.3 is 5.97 Å². The van der Waals surface area contributed by atoms with Crippen molar-refractivity contribution in [2.75, 3.05) is 19.8 Å². The molecule has 3 aliphatic heterocycles. The SMILES string of the molecule is C=CCN(C(=O)C1N([C@H](C)CO)C(=O)[C@@H]2[C@H](C(=O)OCC)[C@H]3OC12CC3Br)C(C)CCC. The molecule has 1 spiro atoms. The number of carbonyl (C=O) groups is 3. The Morgan fingerprint density at radius 3 is 2.69 bits per heavy atom. The van der Waals surface area contributed by atoms with E-state index in [1.54, 1.807) is 24.8 Å². The van der Waals surface area contributed by atoms with Crippen molar-refractivity contribution in [2.24, 2.45) is 11.8 Å². The summed E-state index contributed by atoms with van der Waals surface area (Å²) >= 11 is 3.63. The van der Waals surface area contributed by atoms with E-state index in [-0.39, 0.29) is 35.9 Å². The van der Waals surface area contributed by atoms with Gasteiger partial charge in [0.1, 0.15) is 11.6 Å². The van der Waals surface area contributed by atoms with Gasteiger partial charge in [-0.1, -0.05) is 35.4 Å². The average Bonchev–Trinajstić information content (AvgIpc) is 3.34. The van der Waals surface area contributed by atoms with E-state index in [1.165, 1.54) is 4.90 Å². The summed E-state index contributed by atoms with van der Waals surface area (Å²) in [6.07, 6.45) is 3.29. The number of carbonyl (C=O) groups excluding carboxylic acids is 3. The van der Waals surface area contributed by atoms with E-state index in [1.807, 2.05) is 6.92 Å². The van der Waals surface area contributed by atoms with Crippen LogP contribution in [0.25, 0.3) is 0 Å². The molecular formula is C23H35BrN2O6. The number of alkyl halides is 1. The standard InChI is InChI=1S/C23H35BrN2O6/c1-6-9-13(4)25(10-7-2)21(29)19-23-11-15(24)18(32-23)16(22(30)31-8-3)17(23)20(28)26(19)14(5)12-27/h7,13-19,27H,2,6,8-12H2,1,3-5H3/t13?,14-,15?,16+,17+,18+,19?,23?/m1/s1. The zero-order chi connectivity index (χ0) is 23.8. The Hall–Kier alpha value is -1.45. The Morgan fingerprint density at radius 2 is 2.12 bits per heavy atom. The lowest BCUT2D eigenvalue weighted by molar-refractivity contribution is -0.156. The third kappa shape index (κ3) is 3.80. The van der Waals surface area contributed by atoms with Gasteiger partial charge < -0.3 is 24.4 Å². The van der Waals surface area contributed by atoms with Gasteiger partial charge in [0.2, 0.25) is 11.8 Å². The van der Waals surface area contributed by atoms with Crippen LogP contribution in [-0.4, -0.2) is 87.1 Å². The largest absolute Gasteiger partial charge is 0.466 e. The van der Waals surface area contributed by atoms with Crippen LogP contribution in [0.5, 0.6) is 0 Å². The number of hydrogen-bond donors (Lipinski definition) is 1. The summed E-state index contributed by atoms with van der Waals surface area (Å²) in [5, 5.41) is 9.91.